The maximum atomic E-state index is 12.9. The van der Waals surface area contributed by atoms with Gasteiger partial charge < -0.3 is 4.57 Å². The molecule has 2 heteroatoms. The van der Waals surface area contributed by atoms with Crippen LogP contribution in [-0.4, -0.2) is 13.3 Å². The maximum Gasteiger partial charge on any atom is 0.109 e. The first-order valence-electron chi connectivity index (χ1n) is 17.1. The lowest BCUT2D eigenvalue weighted by Gasteiger charge is -2.19. The van der Waals surface area contributed by atoms with Crippen LogP contribution in [-0.2, 0) is 4.57 Å². The van der Waals surface area contributed by atoms with E-state index in [9.17, 15) is 4.57 Å². The van der Waals surface area contributed by atoms with E-state index in [0.717, 1.165) is 10.9 Å². The standard InChI is InChI=1S/C48H35OP/c1-50(2,49)42-25-23-34(24-26-42)47-43-15-7-9-17-45(43)48(46-18-10-8-16-44(46)47)41-30-39(37-21-19-32-11-3-5-13-35(32)27-37)29-40(31-41)38-22-20-33-12-4-6-14-36(33)28-38/h3-31H,1-2H3. The molecule has 0 aliphatic rings. The molecule has 0 unspecified atom stereocenters. The van der Waals surface area contributed by atoms with Crippen molar-refractivity contribution in [3.8, 4) is 44.5 Å². The fourth-order valence-electron chi connectivity index (χ4n) is 7.58. The Balaban J connectivity index is 1.33. The molecule has 1 nitrogen and oxygen atoms in total. The molecule has 0 atom stereocenters. The van der Waals surface area contributed by atoms with E-state index in [2.05, 4.69) is 164 Å². The summed E-state index contributed by atoms with van der Waals surface area (Å²) < 4.78 is 12.9. The summed E-state index contributed by atoms with van der Waals surface area (Å²) in [5.41, 5.74) is 9.51. The molecule has 0 saturated carbocycles. The minimum Gasteiger partial charge on any atom is -0.319 e. The highest BCUT2D eigenvalue weighted by atomic mass is 31.2. The van der Waals surface area contributed by atoms with Crippen molar-refractivity contribution in [2.24, 2.45) is 0 Å². The van der Waals surface area contributed by atoms with E-state index in [4.69, 9.17) is 0 Å². The van der Waals surface area contributed by atoms with Crippen LogP contribution >= 0.6 is 7.14 Å². The Bertz CT molecular complexity index is 2650. The molecule has 0 fully saturated rings. The second-order valence-electron chi connectivity index (χ2n) is 13.7. The monoisotopic (exact) mass is 658 g/mol. The third-order valence-electron chi connectivity index (χ3n) is 10.1. The van der Waals surface area contributed by atoms with Crippen molar-refractivity contribution in [2.75, 3.05) is 13.3 Å². The van der Waals surface area contributed by atoms with Gasteiger partial charge in [0, 0.05) is 5.30 Å². The molecular formula is C48H35OP. The molecule has 50 heavy (non-hydrogen) atoms. The second-order valence-corrected chi connectivity index (χ2v) is 16.9. The lowest BCUT2D eigenvalue weighted by Crippen LogP contribution is -2.01. The van der Waals surface area contributed by atoms with Crippen molar-refractivity contribution in [1.82, 2.24) is 0 Å². The molecule has 0 radical (unpaired) electrons. The van der Waals surface area contributed by atoms with E-state index in [0.29, 0.717) is 0 Å². The SMILES string of the molecule is CP(C)(=O)c1ccc(-c2c3ccccc3c(-c3cc(-c4ccc5ccccc5c4)cc(-c4ccc5ccccc5c4)c3)c3ccccc23)cc1. The van der Waals surface area contributed by atoms with E-state index in [1.807, 2.05) is 25.5 Å². The van der Waals surface area contributed by atoms with Crippen LogP contribution in [0.1, 0.15) is 0 Å². The largest absolute Gasteiger partial charge is 0.319 e. The Hall–Kier alpha value is -5.75. The van der Waals surface area contributed by atoms with Crippen LogP contribution in [0.2, 0.25) is 0 Å². The zero-order valence-corrected chi connectivity index (χ0v) is 29.0. The van der Waals surface area contributed by atoms with Crippen molar-refractivity contribution in [3.05, 3.63) is 176 Å². The number of benzene rings is 9. The van der Waals surface area contributed by atoms with Crippen LogP contribution in [0, 0.1) is 0 Å². The molecule has 9 rings (SSSR count). The summed E-state index contributed by atoms with van der Waals surface area (Å²) in [5.74, 6) is 0. The number of hydrogen-bond donors (Lipinski definition) is 0. The topological polar surface area (TPSA) is 17.1 Å². The molecule has 0 amide bonds. The van der Waals surface area contributed by atoms with E-state index < -0.39 is 7.14 Å². The summed E-state index contributed by atoms with van der Waals surface area (Å²) in [4.78, 5) is 0. The van der Waals surface area contributed by atoms with Gasteiger partial charge in [0.1, 0.15) is 7.14 Å². The quantitative estimate of drug-likeness (QED) is 0.133. The van der Waals surface area contributed by atoms with Gasteiger partial charge >= 0.3 is 0 Å². The maximum absolute atomic E-state index is 12.9. The average Bonchev–Trinajstić information content (AvgIpc) is 3.16. The Morgan fingerprint density at radius 1 is 0.320 bits per heavy atom. The first-order valence-corrected chi connectivity index (χ1v) is 19.7. The predicted molar refractivity (Wildman–Crippen MR) is 217 cm³/mol. The minimum atomic E-state index is -2.36. The first-order chi connectivity index (χ1) is 24.4. The fourth-order valence-corrected chi connectivity index (χ4v) is 8.45. The highest BCUT2D eigenvalue weighted by molar-refractivity contribution is 7.70. The smallest absolute Gasteiger partial charge is 0.109 e. The summed E-state index contributed by atoms with van der Waals surface area (Å²) >= 11 is 0. The zero-order chi connectivity index (χ0) is 33.8. The molecule has 238 valence electrons. The number of rotatable bonds is 5. The van der Waals surface area contributed by atoms with Gasteiger partial charge in [-0.25, -0.2) is 0 Å². The molecule has 9 aromatic rings. The molecule has 0 aromatic heterocycles. The van der Waals surface area contributed by atoms with Crippen LogP contribution < -0.4 is 5.30 Å². The first kappa shape index (κ1) is 30.3. The molecular weight excluding hydrogens is 624 g/mol. The Kier molecular flexibility index (Phi) is 7.27. The van der Waals surface area contributed by atoms with Crippen molar-refractivity contribution >= 4 is 55.5 Å². The molecule has 0 N–H and O–H groups in total. The van der Waals surface area contributed by atoms with Crippen LogP contribution in [0.15, 0.2) is 176 Å². The average molecular weight is 659 g/mol. The van der Waals surface area contributed by atoms with Gasteiger partial charge in [-0.3, -0.25) is 0 Å². The van der Waals surface area contributed by atoms with Crippen LogP contribution in [0.3, 0.4) is 0 Å². The van der Waals surface area contributed by atoms with Gasteiger partial charge in [0.15, 0.2) is 0 Å². The zero-order valence-electron chi connectivity index (χ0n) is 28.1. The van der Waals surface area contributed by atoms with Gasteiger partial charge in [-0.1, -0.05) is 146 Å². The molecule has 0 saturated heterocycles. The van der Waals surface area contributed by atoms with E-state index in [-0.39, 0.29) is 0 Å². The lowest BCUT2D eigenvalue weighted by atomic mass is 9.84. The van der Waals surface area contributed by atoms with Gasteiger partial charge in [0.05, 0.1) is 0 Å². The minimum absolute atomic E-state index is 0.901. The second kappa shape index (κ2) is 12.0. The summed E-state index contributed by atoms with van der Waals surface area (Å²) in [7, 11) is -2.36. The van der Waals surface area contributed by atoms with Crippen LogP contribution in [0.4, 0.5) is 0 Å². The van der Waals surface area contributed by atoms with Crippen molar-refractivity contribution in [3.63, 3.8) is 0 Å². The van der Waals surface area contributed by atoms with E-state index in [1.165, 1.54) is 82.0 Å². The highest BCUT2D eigenvalue weighted by Crippen LogP contribution is 2.46. The molecule has 0 aliphatic heterocycles. The van der Waals surface area contributed by atoms with Crippen LogP contribution in [0.25, 0.3) is 87.6 Å². The van der Waals surface area contributed by atoms with E-state index >= 15 is 0 Å². The van der Waals surface area contributed by atoms with Crippen molar-refractivity contribution in [2.45, 2.75) is 0 Å². The van der Waals surface area contributed by atoms with E-state index in [1.54, 1.807) is 0 Å². The summed E-state index contributed by atoms with van der Waals surface area (Å²) in [5, 5.41) is 10.7. The third kappa shape index (κ3) is 5.32. The molecule has 0 aliphatic carbocycles. The predicted octanol–water partition coefficient (Wildman–Crippen LogP) is 13.2. The normalized spacial score (nSPS) is 11.9. The third-order valence-corrected chi connectivity index (χ3v) is 11.6. The van der Waals surface area contributed by atoms with Crippen molar-refractivity contribution < 1.29 is 4.57 Å². The summed E-state index contributed by atoms with van der Waals surface area (Å²) in [6.07, 6.45) is 0. The van der Waals surface area contributed by atoms with Gasteiger partial charge in [0.25, 0.3) is 0 Å². The van der Waals surface area contributed by atoms with Crippen LogP contribution in [0.5, 0.6) is 0 Å². The van der Waals surface area contributed by atoms with Crippen molar-refractivity contribution in [1.29, 1.82) is 0 Å². The Labute approximate surface area is 292 Å². The van der Waals surface area contributed by atoms with Gasteiger partial charge in [0.2, 0.25) is 0 Å². The molecule has 0 bridgehead atoms. The molecule has 0 heterocycles. The molecule has 9 aromatic carbocycles. The molecule has 0 spiro atoms. The highest BCUT2D eigenvalue weighted by Gasteiger charge is 2.19. The Morgan fingerprint density at radius 3 is 1.12 bits per heavy atom. The van der Waals surface area contributed by atoms with Gasteiger partial charge in [-0.15, -0.1) is 0 Å². The number of fused-ring (bicyclic) bond motifs is 4. The Morgan fingerprint density at radius 2 is 0.680 bits per heavy atom. The number of hydrogen-bond acceptors (Lipinski definition) is 1. The van der Waals surface area contributed by atoms with Gasteiger partial charge in [-0.05, 0) is 131 Å². The lowest BCUT2D eigenvalue weighted by molar-refractivity contribution is 0.588. The summed E-state index contributed by atoms with van der Waals surface area (Å²) in [6, 6.07) is 63.8. The fraction of sp³-hybridized carbons (Fsp3) is 0.0417. The summed E-state index contributed by atoms with van der Waals surface area (Å²) in [6.45, 7) is 3.67. The van der Waals surface area contributed by atoms with Gasteiger partial charge in [-0.2, -0.15) is 0 Å².